The summed E-state index contributed by atoms with van der Waals surface area (Å²) in [5.74, 6) is 0. The topological polar surface area (TPSA) is 49.7 Å². The van der Waals surface area contributed by atoms with Gasteiger partial charge in [0.2, 0.25) is 0 Å². The fourth-order valence-electron chi connectivity index (χ4n) is 2.31. The van der Waals surface area contributed by atoms with Crippen LogP contribution in [-0.4, -0.2) is 34.6 Å². The highest BCUT2D eigenvalue weighted by molar-refractivity contribution is 5.35. The van der Waals surface area contributed by atoms with Gasteiger partial charge in [0.15, 0.2) is 0 Å². The molecule has 1 heterocycles. The van der Waals surface area contributed by atoms with E-state index in [1.807, 2.05) is 38.2 Å². The lowest BCUT2D eigenvalue weighted by Crippen LogP contribution is -2.49. The SMILES string of the molecule is C/C=C/C=C1\COC2C(O)C(C)=CCC12O. The minimum Gasteiger partial charge on any atom is -0.386 e. The lowest BCUT2D eigenvalue weighted by atomic mass is 9.78. The summed E-state index contributed by atoms with van der Waals surface area (Å²) < 4.78 is 5.51. The predicted octanol–water partition coefficient (Wildman–Crippen LogP) is 1.33. The number of allylic oxidation sites excluding steroid dienone is 3. The third-order valence-corrected chi connectivity index (χ3v) is 3.42. The van der Waals surface area contributed by atoms with Crippen LogP contribution in [0.1, 0.15) is 20.3 Å². The van der Waals surface area contributed by atoms with Crippen LogP contribution in [0.4, 0.5) is 0 Å². The molecule has 0 amide bonds. The van der Waals surface area contributed by atoms with Gasteiger partial charge in [0.05, 0.1) is 6.61 Å². The average Bonchev–Trinajstić information content (AvgIpc) is 2.60. The second kappa shape index (κ2) is 4.17. The number of hydrogen-bond donors (Lipinski definition) is 2. The Labute approximate surface area is 95.7 Å². The molecule has 3 unspecified atom stereocenters. The lowest BCUT2D eigenvalue weighted by molar-refractivity contribution is -0.0843. The normalized spacial score (nSPS) is 41.5. The summed E-state index contributed by atoms with van der Waals surface area (Å²) in [5.41, 5.74) is 0.693. The minimum absolute atomic E-state index is 0.393. The molecule has 0 bridgehead atoms. The van der Waals surface area contributed by atoms with Crippen molar-refractivity contribution in [3.63, 3.8) is 0 Å². The molecule has 0 saturated carbocycles. The van der Waals surface area contributed by atoms with Crippen molar-refractivity contribution in [3.8, 4) is 0 Å². The van der Waals surface area contributed by atoms with Gasteiger partial charge in [-0.25, -0.2) is 0 Å². The molecule has 1 aliphatic heterocycles. The van der Waals surface area contributed by atoms with Crippen LogP contribution in [0, 0.1) is 0 Å². The highest BCUT2D eigenvalue weighted by Crippen LogP contribution is 2.40. The van der Waals surface area contributed by atoms with Gasteiger partial charge in [-0.1, -0.05) is 24.3 Å². The molecule has 0 spiro atoms. The number of aliphatic hydroxyl groups excluding tert-OH is 1. The van der Waals surface area contributed by atoms with Crippen molar-refractivity contribution >= 4 is 0 Å². The molecule has 0 aromatic rings. The predicted molar refractivity (Wildman–Crippen MR) is 62.0 cm³/mol. The van der Waals surface area contributed by atoms with Gasteiger partial charge >= 0.3 is 0 Å². The van der Waals surface area contributed by atoms with Gasteiger partial charge in [-0.2, -0.15) is 0 Å². The number of aliphatic hydroxyl groups is 2. The second-order valence-electron chi connectivity index (χ2n) is 4.47. The standard InChI is InChI=1S/C13H18O3/c1-3-4-5-10-8-16-12-11(14)9(2)6-7-13(10,12)15/h3-6,11-12,14-15H,7-8H2,1-2H3/b4-3+,10-5+. The van der Waals surface area contributed by atoms with Crippen LogP contribution < -0.4 is 0 Å². The first-order chi connectivity index (χ1) is 7.59. The van der Waals surface area contributed by atoms with Gasteiger partial charge < -0.3 is 14.9 Å². The molecule has 3 nitrogen and oxygen atoms in total. The zero-order chi connectivity index (χ0) is 11.8. The summed E-state index contributed by atoms with van der Waals surface area (Å²) in [4.78, 5) is 0. The Hall–Kier alpha value is -0.900. The third kappa shape index (κ3) is 1.65. The Balaban J connectivity index is 2.33. The van der Waals surface area contributed by atoms with E-state index in [1.54, 1.807) is 0 Å². The lowest BCUT2D eigenvalue weighted by Gasteiger charge is -2.36. The van der Waals surface area contributed by atoms with Crippen molar-refractivity contribution in [3.05, 3.63) is 35.5 Å². The van der Waals surface area contributed by atoms with Gasteiger partial charge in [-0.15, -0.1) is 0 Å². The Morgan fingerprint density at radius 1 is 1.56 bits per heavy atom. The van der Waals surface area contributed by atoms with Crippen molar-refractivity contribution in [1.29, 1.82) is 0 Å². The third-order valence-electron chi connectivity index (χ3n) is 3.42. The van der Waals surface area contributed by atoms with Crippen LogP contribution in [0.3, 0.4) is 0 Å². The summed E-state index contributed by atoms with van der Waals surface area (Å²) in [6, 6.07) is 0. The molecule has 2 N–H and O–H groups in total. The number of hydrogen-bond acceptors (Lipinski definition) is 3. The Morgan fingerprint density at radius 2 is 2.31 bits per heavy atom. The average molecular weight is 222 g/mol. The van der Waals surface area contributed by atoms with Crippen molar-refractivity contribution in [1.82, 2.24) is 0 Å². The zero-order valence-electron chi connectivity index (χ0n) is 9.68. The fraction of sp³-hybridized carbons (Fsp3) is 0.538. The van der Waals surface area contributed by atoms with E-state index in [0.717, 1.165) is 11.1 Å². The summed E-state index contributed by atoms with van der Waals surface area (Å²) in [6.07, 6.45) is 6.86. The van der Waals surface area contributed by atoms with Gasteiger partial charge in [-0.05, 0) is 25.0 Å². The van der Waals surface area contributed by atoms with E-state index in [2.05, 4.69) is 0 Å². The molecule has 88 valence electrons. The van der Waals surface area contributed by atoms with Gasteiger partial charge in [-0.3, -0.25) is 0 Å². The Bertz CT molecular complexity index is 367. The Morgan fingerprint density at radius 3 is 3.00 bits per heavy atom. The molecule has 2 rings (SSSR count). The fourth-order valence-corrected chi connectivity index (χ4v) is 2.31. The van der Waals surface area contributed by atoms with Gasteiger partial charge in [0.25, 0.3) is 0 Å². The van der Waals surface area contributed by atoms with Crippen LogP contribution in [0.2, 0.25) is 0 Å². The quantitative estimate of drug-likeness (QED) is 0.658. The van der Waals surface area contributed by atoms with E-state index >= 15 is 0 Å². The molecule has 1 aliphatic carbocycles. The number of ether oxygens (including phenoxy) is 1. The van der Waals surface area contributed by atoms with Crippen molar-refractivity contribution < 1.29 is 14.9 Å². The molecule has 2 aliphatic rings. The molecule has 0 aromatic carbocycles. The number of rotatable bonds is 1. The maximum atomic E-state index is 10.6. The molecule has 0 radical (unpaired) electrons. The van der Waals surface area contributed by atoms with Crippen LogP contribution in [0.25, 0.3) is 0 Å². The first kappa shape index (κ1) is 11.6. The summed E-state index contributed by atoms with van der Waals surface area (Å²) in [5, 5.41) is 20.5. The first-order valence-electron chi connectivity index (χ1n) is 5.60. The smallest absolute Gasteiger partial charge is 0.121 e. The first-order valence-corrected chi connectivity index (χ1v) is 5.60. The van der Waals surface area contributed by atoms with E-state index in [4.69, 9.17) is 4.74 Å². The molecule has 0 aromatic heterocycles. The van der Waals surface area contributed by atoms with Crippen molar-refractivity contribution in [2.75, 3.05) is 6.61 Å². The highest BCUT2D eigenvalue weighted by Gasteiger charge is 2.51. The van der Waals surface area contributed by atoms with E-state index in [1.165, 1.54) is 0 Å². The van der Waals surface area contributed by atoms with Crippen LogP contribution in [0.15, 0.2) is 35.5 Å². The summed E-state index contributed by atoms with van der Waals surface area (Å²) in [7, 11) is 0. The number of fused-ring (bicyclic) bond motifs is 1. The largest absolute Gasteiger partial charge is 0.386 e. The molecule has 3 atom stereocenters. The maximum absolute atomic E-state index is 10.6. The van der Waals surface area contributed by atoms with Gasteiger partial charge in [0, 0.05) is 6.42 Å². The van der Waals surface area contributed by atoms with E-state index in [-0.39, 0.29) is 0 Å². The summed E-state index contributed by atoms with van der Waals surface area (Å²) >= 11 is 0. The van der Waals surface area contributed by atoms with E-state index in [9.17, 15) is 10.2 Å². The Kier molecular flexibility index (Phi) is 3.02. The monoisotopic (exact) mass is 222 g/mol. The molecule has 1 fully saturated rings. The van der Waals surface area contributed by atoms with E-state index in [0.29, 0.717) is 13.0 Å². The molecule has 3 heteroatoms. The second-order valence-corrected chi connectivity index (χ2v) is 4.47. The van der Waals surface area contributed by atoms with Crippen LogP contribution in [0.5, 0.6) is 0 Å². The summed E-state index contributed by atoms with van der Waals surface area (Å²) in [6.45, 7) is 4.18. The minimum atomic E-state index is -1.03. The molecular weight excluding hydrogens is 204 g/mol. The molecule has 16 heavy (non-hydrogen) atoms. The maximum Gasteiger partial charge on any atom is 0.121 e. The van der Waals surface area contributed by atoms with Gasteiger partial charge in [0.1, 0.15) is 17.8 Å². The van der Waals surface area contributed by atoms with Crippen LogP contribution >= 0.6 is 0 Å². The van der Waals surface area contributed by atoms with Crippen molar-refractivity contribution in [2.45, 2.75) is 38.1 Å². The molecular formula is C13H18O3. The zero-order valence-corrected chi connectivity index (χ0v) is 9.68. The van der Waals surface area contributed by atoms with E-state index < -0.39 is 17.8 Å². The highest BCUT2D eigenvalue weighted by atomic mass is 16.5. The van der Waals surface area contributed by atoms with Crippen molar-refractivity contribution in [2.24, 2.45) is 0 Å². The molecule has 1 saturated heterocycles. The van der Waals surface area contributed by atoms with Crippen LogP contribution in [-0.2, 0) is 4.74 Å².